The molecule has 13 heteroatoms. The molecule has 2 aromatic rings. The average Bonchev–Trinajstić information content (AvgIpc) is 2.85. The maximum absolute atomic E-state index is 12.8. The Morgan fingerprint density at radius 3 is 2.50 bits per heavy atom. The summed E-state index contributed by atoms with van der Waals surface area (Å²) in [5.41, 5.74) is 1.66. The molecule has 0 aliphatic heterocycles. The Kier molecular flexibility index (Phi) is 10.7. The number of ether oxygens (including phenoxy) is 3. The molecule has 0 aliphatic carbocycles. The lowest BCUT2D eigenvalue weighted by molar-refractivity contribution is -0.139. The van der Waals surface area contributed by atoms with Crippen LogP contribution in [0.2, 0.25) is 0 Å². The monoisotopic (exact) mass is 510 g/mol. The molecule has 0 spiro atoms. The number of hydrogen-bond donors (Lipinski definition) is 3. The SMILES string of the molecule is COCCCNC(=O)C(=O)N/N=C/c1ccc(OCC(=O)Nc2cccc(C(F)(F)F)c2)c(OC)c1. The summed E-state index contributed by atoms with van der Waals surface area (Å²) >= 11 is 0. The van der Waals surface area contributed by atoms with Gasteiger partial charge in [0.2, 0.25) is 0 Å². The Balaban J connectivity index is 1.89. The number of halogens is 3. The molecule has 3 amide bonds. The van der Waals surface area contributed by atoms with E-state index in [1.54, 1.807) is 6.07 Å². The van der Waals surface area contributed by atoms with Crippen molar-refractivity contribution in [3.8, 4) is 11.5 Å². The summed E-state index contributed by atoms with van der Waals surface area (Å²) in [5, 5.41) is 8.46. The van der Waals surface area contributed by atoms with Crippen molar-refractivity contribution in [2.24, 2.45) is 5.10 Å². The van der Waals surface area contributed by atoms with Gasteiger partial charge in [-0.05, 0) is 48.4 Å². The molecule has 0 aromatic heterocycles. The Bertz CT molecular complexity index is 1090. The van der Waals surface area contributed by atoms with Crippen molar-refractivity contribution in [1.29, 1.82) is 0 Å². The van der Waals surface area contributed by atoms with Gasteiger partial charge in [0, 0.05) is 25.9 Å². The van der Waals surface area contributed by atoms with Crippen molar-refractivity contribution < 1.29 is 41.8 Å². The molecule has 36 heavy (non-hydrogen) atoms. The van der Waals surface area contributed by atoms with Gasteiger partial charge in [-0.1, -0.05) is 6.07 Å². The van der Waals surface area contributed by atoms with Gasteiger partial charge in [0.25, 0.3) is 5.91 Å². The molecule has 0 heterocycles. The van der Waals surface area contributed by atoms with E-state index in [0.717, 1.165) is 12.1 Å². The third-order valence-corrected chi connectivity index (χ3v) is 4.42. The van der Waals surface area contributed by atoms with Crippen LogP contribution >= 0.6 is 0 Å². The highest BCUT2D eigenvalue weighted by atomic mass is 19.4. The third kappa shape index (κ3) is 9.25. The summed E-state index contributed by atoms with van der Waals surface area (Å²) in [7, 11) is 2.89. The largest absolute Gasteiger partial charge is 0.493 e. The van der Waals surface area contributed by atoms with Gasteiger partial charge in [0.15, 0.2) is 18.1 Å². The van der Waals surface area contributed by atoms with E-state index in [4.69, 9.17) is 14.2 Å². The maximum atomic E-state index is 12.8. The van der Waals surface area contributed by atoms with Gasteiger partial charge in [-0.3, -0.25) is 14.4 Å². The number of anilines is 1. The van der Waals surface area contributed by atoms with Crippen LogP contribution in [-0.2, 0) is 25.3 Å². The zero-order chi connectivity index (χ0) is 26.6. The first-order valence-electron chi connectivity index (χ1n) is 10.5. The van der Waals surface area contributed by atoms with E-state index in [0.29, 0.717) is 18.6 Å². The maximum Gasteiger partial charge on any atom is 0.416 e. The standard InChI is InChI=1S/C23H25F3N4O6/c1-34-10-4-9-27-21(32)22(33)30-28-13-15-7-8-18(19(11-15)35-2)36-14-20(31)29-17-6-3-5-16(12-17)23(24,25)26/h3,5-8,11-13H,4,9-10,14H2,1-2H3,(H,27,32)(H,29,31)(H,30,33)/b28-13+. The highest BCUT2D eigenvalue weighted by molar-refractivity contribution is 6.35. The normalized spacial score (nSPS) is 11.1. The zero-order valence-corrected chi connectivity index (χ0v) is 19.5. The van der Waals surface area contributed by atoms with Crippen LogP contribution in [0.3, 0.4) is 0 Å². The fourth-order valence-corrected chi connectivity index (χ4v) is 2.71. The topological polar surface area (TPSA) is 127 Å². The van der Waals surface area contributed by atoms with Crippen LogP contribution < -0.4 is 25.5 Å². The smallest absolute Gasteiger partial charge is 0.416 e. The summed E-state index contributed by atoms with van der Waals surface area (Å²) < 4.78 is 53.9. The molecular formula is C23H25F3N4O6. The molecule has 10 nitrogen and oxygen atoms in total. The average molecular weight is 510 g/mol. The van der Waals surface area contributed by atoms with Crippen LogP contribution in [0.25, 0.3) is 0 Å². The van der Waals surface area contributed by atoms with Gasteiger partial charge in [-0.25, -0.2) is 5.43 Å². The van der Waals surface area contributed by atoms with Crippen LogP contribution in [0.1, 0.15) is 17.5 Å². The highest BCUT2D eigenvalue weighted by Crippen LogP contribution is 2.31. The Labute approximate surface area is 204 Å². The summed E-state index contributed by atoms with van der Waals surface area (Å²) in [6.45, 7) is 0.234. The van der Waals surface area contributed by atoms with Crippen LogP contribution in [0, 0.1) is 0 Å². The number of carbonyl (C=O) groups is 3. The van der Waals surface area contributed by atoms with E-state index in [-0.39, 0.29) is 23.7 Å². The van der Waals surface area contributed by atoms with Crippen molar-refractivity contribution in [3.63, 3.8) is 0 Å². The molecule has 0 atom stereocenters. The molecule has 3 N–H and O–H groups in total. The zero-order valence-electron chi connectivity index (χ0n) is 19.5. The van der Waals surface area contributed by atoms with Crippen molar-refractivity contribution in [2.45, 2.75) is 12.6 Å². The van der Waals surface area contributed by atoms with E-state index in [9.17, 15) is 27.6 Å². The van der Waals surface area contributed by atoms with Gasteiger partial charge in [0.05, 0.1) is 18.9 Å². The number of nitrogens with one attached hydrogen (secondary N) is 3. The van der Waals surface area contributed by atoms with E-state index >= 15 is 0 Å². The third-order valence-electron chi connectivity index (χ3n) is 4.42. The molecule has 0 bridgehead atoms. The molecular weight excluding hydrogens is 485 g/mol. The number of nitrogens with zero attached hydrogens (tertiary/aromatic N) is 1. The molecule has 0 saturated carbocycles. The van der Waals surface area contributed by atoms with E-state index in [1.807, 2.05) is 0 Å². The number of methoxy groups -OCH3 is 2. The molecule has 2 rings (SSSR count). The number of alkyl halides is 3. The Morgan fingerprint density at radius 2 is 1.81 bits per heavy atom. The fourth-order valence-electron chi connectivity index (χ4n) is 2.71. The molecule has 194 valence electrons. The van der Waals surface area contributed by atoms with Gasteiger partial charge >= 0.3 is 18.0 Å². The van der Waals surface area contributed by atoms with Crippen molar-refractivity contribution in [2.75, 3.05) is 39.3 Å². The minimum atomic E-state index is -4.53. The highest BCUT2D eigenvalue weighted by Gasteiger charge is 2.30. The fraction of sp³-hybridized carbons (Fsp3) is 0.304. The summed E-state index contributed by atoms with van der Waals surface area (Å²) in [6.07, 6.45) is -2.71. The van der Waals surface area contributed by atoms with Gasteiger partial charge in [-0.2, -0.15) is 18.3 Å². The van der Waals surface area contributed by atoms with Crippen molar-refractivity contribution in [3.05, 3.63) is 53.6 Å². The molecule has 0 radical (unpaired) electrons. The van der Waals surface area contributed by atoms with Crippen LogP contribution in [0.15, 0.2) is 47.6 Å². The lowest BCUT2D eigenvalue weighted by Crippen LogP contribution is -2.38. The summed E-state index contributed by atoms with van der Waals surface area (Å²) in [4.78, 5) is 35.5. The number of carbonyl (C=O) groups excluding carboxylic acids is 3. The van der Waals surface area contributed by atoms with Crippen LogP contribution in [-0.4, -0.2) is 57.9 Å². The minimum absolute atomic E-state index is 0.0253. The molecule has 2 aromatic carbocycles. The second kappa shape index (κ2) is 13.7. The van der Waals surface area contributed by atoms with E-state index in [2.05, 4.69) is 21.2 Å². The van der Waals surface area contributed by atoms with E-state index in [1.165, 1.54) is 44.7 Å². The predicted molar refractivity (Wildman–Crippen MR) is 124 cm³/mol. The number of hydrazone groups is 1. The molecule has 0 aliphatic rings. The number of benzene rings is 2. The predicted octanol–water partition coefficient (Wildman–Crippen LogP) is 2.33. The summed E-state index contributed by atoms with van der Waals surface area (Å²) in [6, 6.07) is 8.74. The quantitative estimate of drug-likeness (QED) is 0.184. The number of hydrogen-bond acceptors (Lipinski definition) is 7. The molecule has 0 unspecified atom stereocenters. The number of rotatable bonds is 11. The van der Waals surface area contributed by atoms with Crippen molar-refractivity contribution >= 4 is 29.6 Å². The lowest BCUT2D eigenvalue weighted by Gasteiger charge is -2.12. The van der Waals surface area contributed by atoms with Gasteiger partial charge in [0.1, 0.15) is 0 Å². The Hall–Kier alpha value is -4.13. The molecule has 0 fully saturated rings. The first-order chi connectivity index (χ1) is 17.1. The second-order valence-electron chi connectivity index (χ2n) is 7.13. The number of amides is 3. The first-order valence-corrected chi connectivity index (χ1v) is 10.5. The van der Waals surface area contributed by atoms with Crippen molar-refractivity contribution in [1.82, 2.24) is 10.7 Å². The van der Waals surface area contributed by atoms with E-state index < -0.39 is 36.1 Å². The molecule has 0 saturated heterocycles. The second-order valence-corrected chi connectivity index (χ2v) is 7.13. The minimum Gasteiger partial charge on any atom is -0.493 e. The lowest BCUT2D eigenvalue weighted by atomic mass is 10.2. The first kappa shape index (κ1) is 28.1. The van der Waals surface area contributed by atoms with Crippen LogP contribution in [0.5, 0.6) is 11.5 Å². The van der Waals surface area contributed by atoms with Crippen LogP contribution in [0.4, 0.5) is 18.9 Å². The van der Waals surface area contributed by atoms with Gasteiger partial charge in [-0.15, -0.1) is 0 Å². The van der Waals surface area contributed by atoms with Gasteiger partial charge < -0.3 is 24.8 Å². The summed E-state index contributed by atoms with van der Waals surface area (Å²) in [5.74, 6) is -2.04. The Morgan fingerprint density at radius 1 is 1.03 bits per heavy atom.